The SMILES string of the molecule is Cl.Nc1ccc(S(=O)(=O)NNc2ccccc2)cc1. The zero-order chi connectivity index (χ0) is 13.0. The summed E-state index contributed by atoms with van der Waals surface area (Å²) in [6, 6.07) is 14.9. The third-order valence-electron chi connectivity index (χ3n) is 2.29. The Hall–Kier alpha value is -1.76. The quantitative estimate of drug-likeness (QED) is 0.595. The predicted octanol–water partition coefficient (Wildman–Crippen LogP) is 2.00. The van der Waals surface area contributed by atoms with Crippen molar-refractivity contribution in [2.75, 3.05) is 11.2 Å². The van der Waals surface area contributed by atoms with Gasteiger partial charge in [-0.1, -0.05) is 18.2 Å². The molecule has 5 nitrogen and oxygen atoms in total. The highest BCUT2D eigenvalue weighted by Gasteiger charge is 2.12. The molecule has 0 unspecified atom stereocenters. The molecule has 7 heteroatoms. The predicted molar refractivity (Wildman–Crippen MR) is 78.5 cm³/mol. The lowest BCUT2D eigenvalue weighted by molar-refractivity contribution is 0.588. The molecule has 0 heterocycles. The maximum Gasteiger partial charge on any atom is 0.257 e. The van der Waals surface area contributed by atoms with Crippen LogP contribution in [0.2, 0.25) is 0 Å². The van der Waals surface area contributed by atoms with Crippen LogP contribution in [0.25, 0.3) is 0 Å². The van der Waals surface area contributed by atoms with Crippen molar-refractivity contribution < 1.29 is 8.42 Å². The van der Waals surface area contributed by atoms with E-state index in [9.17, 15) is 8.42 Å². The molecular weight excluding hydrogens is 286 g/mol. The second-order valence-corrected chi connectivity index (χ2v) is 5.35. The van der Waals surface area contributed by atoms with Crippen molar-refractivity contribution in [3.63, 3.8) is 0 Å². The van der Waals surface area contributed by atoms with E-state index in [1.54, 1.807) is 24.3 Å². The summed E-state index contributed by atoms with van der Waals surface area (Å²) in [7, 11) is -3.59. The van der Waals surface area contributed by atoms with Crippen molar-refractivity contribution in [2.24, 2.45) is 0 Å². The van der Waals surface area contributed by atoms with E-state index in [1.165, 1.54) is 24.3 Å². The Labute approximate surface area is 118 Å². The number of halogens is 1. The van der Waals surface area contributed by atoms with Crippen LogP contribution in [-0.2, 0) is 10.0 Å². The molecule has 0 aliphatic rings. The number of nitrogen functional groups attached to an aromatic ring is 1. The number of nitrogens with one attached hydrogen (secondary N) is 2. The van der Waals surface area contributed by atoms with Crippen molar-refractivity contribution in [3.05, 3.63) is 54.6 Å². The maximum atomic E-state index is 11.9. The fraction of sp³-hybridized carbons (Fsp3) is 0. The van der Waals surface area contributed by atoms with Gasteiger partial charge in [-0.05, 0) is 36.4 Å². The van der Waals surface area contributed by atoms with Crippen LogP contribution in [0.5, 0.6) is 0 Å². The summed E-state index contributed by atoms with van der Waals surface area (Å²) in [6.45, 7) is 0. The molecule has 0 atom stereocenters. The normalized spacial score (nSPS) is 10.5. The first kappa shape index (κ1) is 15.3. The first-order valence-corrected chi connectivity index (χ1v) is 6.75. The van der Waals surface area contributed by atoms with E-state index < -0.39 is 10.0 Å². The van der Waals surface area contributed by atoms with Crippen molar-refractivity contribution in [2.45, 2.75) is 4.90 Å². The van der Waals surface area contributed by atoms with Gasteiger partial charge in [0.25, 0.3) is 10.0 Å². The van der Waals surface area contributed by atoms with Crippen LogP contribution in [0.3, 0.4) is 0 Å². The number of rotatable bonds is 4. The summed E-state index contributed by atoms with van der Waals surface area (Å²) in [4.78, 5) is 2.45. The molecule has 0 aromatic heterocycles. The maximum absolute atomic E-state index is 11.9. The van der Waals surface area contributed by atoms with Gasteiger partial charge in [-0.25, -0.2) is 8.42 Å². The van der Waals surface area contributed by atoms with Crippen molar-refractivity contribution >= 4 is 33.8 Å². The van der Waals surface area contributed by atoms with Crippen LogP contribution in [0, 0.1) is 0 Å². The molecule has 0 radical (unpaired) electrons. The molecule has 0 aliphatic carbocycles. The van der Waals surface area contributed by atoms with Gasteiger partial charge < -0.3 is 11.2 Å². The smallest absolute Gasteiger partial charge is 0.257 e. The van der Waals surface area contributed by atoms with E-state index in [1.807, 2.05) is 6.07 Å². The molecule has 2 aromatic carbocycles. The summed E-state index contributed by atoms with van der Waals surface area (Å²) in [5.74, 6) is 0. The molecule has 2 aromatic rings. The van der Waals surface area contributed by atoms with Crippen LogP contribution in [-0.4, -0.2) is 8.42 Å². The summed E-state index contributed by atoms with van der Waals surface area (Å²) in [6.07, 6.45) is 0. The molecule has 0 bridgehead atoms. The molecule has 0 amide bonds. The summed E-state index contributed by atoms with van der Waals surface area (Å²) < 4.78 is 23.8. The van der Waals surface area contributed by atoms with E-state index in [2.05, 4.69) is 10.3 Å². The van der Waals surface area contributed by atoms with Gasteiger partial charge in [0, 0.05) is 11.4 Å². The number of para-hydroxylation sites is 1. The fourth-order valence-corrected chi connectivity index (χ4v) is 2.22. The molecule has 0 aliphatic heterocycles. The van der Waals surface area contributed by atoms with Gasteiger partial charge in [0.1, 0.15) is 0 Å². The van der Waals surface area contributed by atoms with Gasteiger partial charge in [-0.15, -0.1) is 17.2 Å². The molecule has 19 heavy (non-hydrogen) atoms. The first-order chi connectivity index (χ1) is 8.58. The molecule has 0 saturated carbocycles. The van der Waals surface area contributed by atoms with Gasteiger partial charge in [-0.3, -0.25) is 0 Å². The Kier molecular flexibility index (Phi) is 5.17. The number of sulfonamides is 1. The van der Waals surface area contributed by atoms with Crippen LogP contribution in [0.15, 0.2) is 59.5 Å². The number of hydrogen-bond acceptors (Lipinski definition) is 4. The van der Waals surface area contributed by atoms with Crippen LogP contribution >= 0.6 is 12.4 Å². The molecule has 0 fully saturated rings. The highest BCUT2D eigenvalue weighted by Crippen LogP contribution is 2.12. The third kappa shape index (κ3) is 4.13. The number of anilines is 2. The Balaban J connectivity index is 0.00000180. The molecule has 0 spiro atoms. The van der Waals surface area contributed by atoms with Gasteiger partial charge in [0.05, 0.1) is 4.90 Å². The third-order valence-corrected chi connectivity index (χ3v) is 3.56. The lowest BCUT2D eigenvalue weighted by atomic mass is 10.3. The first-order valence-electron chi connectivity index (χ1n) is 5.26. The minimum Gasteiger partial charge on any atom is -0.399 e. The number of hydrogen-bond donors (Lipinski definition) is 3. The van der Waals surface area contributed by atoms with Gasteiger partial charge in [0.2, 0.25) is 0 Å². The molecule has 4 N–H and O–H groups in total. The Morgan fingerprint density at radius 2 is 1.47 bits per heavy atom. The van der Waals surface area contributed by atoms with Crippen LogP contribution in [0.4, 0.5) is 11.4 Å². The summed E-state index contributed by atoms with van der Waals surface area (Å²) >= 11 is 0. The van der Waals surface area contributed by atoms with E-state index in [4.69, 9.17) is 5.73 Å². The van der Waals surface area contributed by atoms with Crippen LogP contribution < -0.4 is 16.0 Å². The topological polar surface area (TPSA) is 84.2 Å². The zero-order valence-electron chi connectivity index (χ0n) is 9.91. The average molecular weight is 300 g/mol. The highest BCUT2D eigenvalue weighted by molar-refractivity contribution is 7.89. The Bertz CT molecular complexity index is 615. The lowest BCUT2D eigenvalue weighted by Crippen LogP contribution is -2.29. The largest absolute Gasteiger partial charge is 0.399 e. The van der Waals surface area contributed by atoms with E-state index in [-0.39, 0.29) is 17.3 Å². The second kappa shape index (κ2) is 6.42. The summed E-state index contributed by atoms with van der Waals surface area (Å²) in [5, 5.41) is 0. The monoisotopic (exact) mass is 299 g/mol. The van der Waals surface area contributed by atoms with Gasteiger partial charge in [0.15, 0.2) is 0 Å². The minimum atomic E-state index is -3.59. The van der Waals surface area contributed by atoms with Gasteiger partial charge in [-0.2, -0.15) is 0 Å². The summed E-state index contributed by atoms with van der Waals surface area (Å²) in [5.41, 5.74) is 9.31. The van der Waals surface area contributed by atoms with E-state index >= 15 is 0 Å². The Morgan fingerprint density at radius 1 is 0.895 bits per heavy atom. The Morgan fingerprint density at radius 3 is 2.05 bits per heavy atom. The van der Waals surface area contributed by atoms with Crippen molar-refractivity contribution in [1.29, 1.82) is 0 Å². The fourth-order valence-electron chi connectivity index (χ4n) is 1.35. The number of benzene rings is 2. The molecule has 102 valence electrons. The molecule has 2 rings (SSSR count). The highest BCUT2D eigenvalue weighted by atomic mass is 35.5. The number of nitrogens with two attached hydrogens (primary N) is 1. The molecule has 0 saturated heterocycles. The zero-order valence-corrected chi connectivity index (χ0v) is 11.5. The van der Waals surface area contributed by atoms with Crippen molar-refractivity contribution in [3.8, 4) is 0 Å². The lowest BCUT2D eigenvalue weighted by Gasteiger charge is -2.09. The van der Waals surface area contributed by atoms with Gasteiger partial charge >= 0.3 is 0 Å². The average Bonchev–Trinajstić information content (AvgIpc) is 2.38. The van der Waals surface area contributed by atoms with E-state index in [0.29, 0.717) is 11.4 Å². The standard InChI is InChI=1S/C12H13N3O2S.ClH/c13-10-6-8-12(9-7-10)18(16,17)15-14-11-4-2-1-3-5-11;/h1-9,14-15H,13H2;1H. The minimum absolute atomic E-state index is 0. The van der Waals surface area contributed by atoms with Crippen LogP contribution in [0.1, 0.15) is 0 Å². The van der Waals surface area contributed by atoms with Crippen molar-refractivity contribution in [1.82, 2.24) is 4.83 Å². The second-order valence-electron chi connectivity index (χ2n) is 3.67. The van der Waals surface area contributed by atoms with E-state index in [0.717, 1.165) is 0 Å². The molecular formula is C12H14ClN3O2S. The number of hydrazine groups is 1.